The molecule has 0 unspecified atom stereocenters. The molecule has 0 aliphatic heterocycles. The Balaban J connectivity index is 2.23. The second kappa shape index (κ2) is 5.10. The van der Waals surface area contributed by atoms with Gasteiger partial charge in [0.25, 0.3) is 5.91 Å². The number of nitrogens with zero attached hydrogens (tertiary/aromatic N) is 2. The zero-order chi connectivity index (χ0) is 14.9. The van der Waals surface area contributed by atoms with Crippen molar-refractivity contribution in [2.45, 2.75) is 25.1 Å². The van der Waals surface area contributed by atoms with Crippen LogP contribution in [0, 0.1) is 0 Å². The molecule has 2 rings (SSSR count). The summed E-state index contributed by atoms with van der Waals surface area (Å²) in [7, 11) is 0. The van der Waals surface area contributed by atoms with Crippen molar-refractivity contribution in [3.05, 3.63) is 29.6 Å². The number of carboxylic acid groups (broad SMARTS) is 1. The Morgan fingerprint density at radius 1 is 1.40 bits per heavy atom. The van der Waals surface area contributed by atoms with E-state index in [1.165, 1.54) is 6.07 Å². The van der Waals surface area contributed by atoms with Gasteiger partial charge in [0.2, 0.25) is 0 Å². The molecule has 1 aromatic rings. The lowest BCUT2D eigenvalue weighted by Crippen LogP contribution is -2.40. The number of aromatic carboxylic acids is 1. The maximum absolute atomic E-state index is 12.5. The first-order chi connectivity index (χ1) is 9.28. The van der Waals surface area contributed by atoms with Gasteiger partial charge in [0.1, 0.15) is 12.2 Å². The summed E-state index contributed by atoms with van der Waals surface area (Å²) >= 11 is 0. The zero-order valence-corrected chi connectivity index (χ0v) is 10.2. The van der Waals surface area contributed by atoms with Crippen LogP contribution >= 0.6 is 0 Å². The molecule has 1 saturated carbocycles. The first kappa shape index (κ1) is 14.3. The number of halogens is 3. The zero-order valence-electron chi connectivity index (χ0n) is 10.2. The van der Waals surface area contributed by atoms with Crippen molar-refractivity contribution in [3.63, 3.8) is 0 Å². The van der Waals surface area contributed by atoms with Crippen LogP contribution < -0.4 is 0 Å². The molecule has 1 fully saturated rings. The Hall–Kier alpha value is -2.12. The van der Waals surface area contributed by atoms with E-state index in [-0.39, 0.29) is 11.3 Å². The number of hydrogen-bond acceptors (Lipinski definition) is 3. The van der Waals surface area contributed by atoms with Gasteiger partial charge < -0.3 is 10.0 Å². The molecule has 0 saturated heterocycles. The number of carbonyl (C=O) groups excluding carboxylic acids is 1. The Morgan fingerprint density at radius 3 is 2.55 bits per heavy atom. The second-order valence-electron chi connectivity index (χ2n) is 4.51. The molecule has 0 aromatic carbocycles. The van der Waals surface area contributed by atoms with Crippen molar-refractivity contribution < 1.29 is 27.9 Å². The number of aromatic nitrogens is 1. The van der Waals surface area contributed by atoms with Crippen LogP contribution in [0.1, 0.15) is 33.7 Å². The molecule has 0 radical (unpaired) electrons. The number of amides is 1. The molecule has 108 valence electrons. The minimum atomic E-state index is -4.49. The van der Waals surface area contributed by atoms with E-state index in [1.807, 2.05) is 0 Å². The maximum atomic E-state index is 12.5. The van der Waals surface area contributed by atoms with Crippen LogP contribution in [0.4, 0.5) is 13.2 Å². The third-order valence-electron chi connectivity index (χ3n) is 2.82. The van der Waals surface area contributed by atoms with Crippen molar-refractivity contribution >= 4 is 11.9 Å². The fraction of sp³-hybridized carbons (Fsp3) is 0.417. The minimum absolute atomic E-state index is 0.103. The molecule has 0 atom stereocenters. The first-order valence-corrected chi connectivity index (χ1v) is 5.85. The van der Waals surface area contributed by atoms with Gasteiger partial charge in [-0.1, -0.05) is 0 Å². The topological polar surface area (TPSA) is 70.5 Å². The van der Waals surface area contributed by atoms with Gasteiger partial charge in [0.05, 0.1) is 0 Å². The second-order valence-corrected chi connectivity index (χ2v) is 4.51. The Labute approximate surface area is 112 Å². The molecule has 5 nitrogen and oxygen atoms in total. The number of alkyl halides is 3. The first-order valence-electron chi connectivity index (χ1n) is 5.85. The monoisotopic (exact) mass is 288 g/mol. The van der Waals surface area contributed by atoms with Gasteiger partial charge in [-0.3, -0.25) is 4.79 Å². The van der Waals surface area contributed by atoms with Crippen molar-refractivity contribution in [2.24, 2.45) is 0 Å². The van der Waals surface area contributed by atoms with Crippen LogP contribution in [0.25, 0.3) is 0 Å². The van der Waals surface area contributed by atoms with Gasteiger partial charge in [-0.15, -0.1) is 0 Å². The third kappa shape index (κ3) is 3.46. The van der Waals surface area contributed by atoms with E-state index in [2.05, 4.69) is 4.98 Å². The number of carbonyl (C=O) groups is 2. The summed E-state index contributed by atoms with van der Waals surface area (Å²) in [6.45, 7) is -1.33. The average Bonchev–Trinajstić information content (AvgIpc) is 3.18. The molecular formula is C12H11F3N2O3. The van der Waals surface area contributed by atoms with E-state index >= 15 is 0 Å². The molecule has 1 aliphatic rings. The SMILES string of the molecule is O=C(O)c1cc(C(=O)N(CC(F)(F)F)C2CC2)ccn1. The molecule has 0 spiro atoms. The predicted molar refractivity (Wildman–Crippen MR) is 61.3 cm³/mol. The summed E-state index contributed by atoms with van der Waals surface area (Å²) in [5.41, 5.74) is -0.479. The lowest BCUT2D eigenvalue weighted by Gasteiger charge is -2.23. The van der Waals surface area contributed by atoms with Gasteiger partial charge in [-0.05, 0) is 25.0 Å². The lowest BCUT2D eigenvalue weighted by molar-refractivity contribution is -0.141. The van der Waals surface area contributed by atoms with Gasteiger partial charge in [-0.2, -0.15) is 13.2 Å². The molecule has 8 heteroatoms. The highest BCUT2D eigenvalue weighted by Gasteiger charge is 2.40. The fourth-order valence-electron chi connectivity index (χ4n) is 1.79. The Bertz CT molecular complexity index is 541. The summed E-state index contributed by atoms with van der Waals surface area (Å²) in [6.07, 6.45) is -2.34. The van der Waals surface area contributed by atoms with Crippen LogP contribution in [-0.4, -0.2) is 45.6 Å². The smallest absolute Gasteiger partial charge is 0.406 e. The van der Waals surface area contributed by atoms with Crippen molar-refractivity contribution in [1.82, 2.24) is 9.88 Å². The van der Waals surface area contributed by atoms with Gasteiger partial charge in [0.15, 0.2) is 0 Å². The van der Waals surface area contributed by atoms with Crippen LogP contribution in [0.5, 0.6) is 0 Å². The standard InChI is InChI=1S/C12H11F3N2O3/c13-12(14,15)6-17(8-1-2-8)10(18)7-3-4-16-9(5-7)11(19)20/h3-5,8H,1-2,6H2,(H,19,20). The van der Waals surface area contributed by atoms with E-state index in [4.69, 9.17) is 5.11 Å². The van der Waals surface area contributed by atoms with E-state index in [0.717, 1.165) is 17.2 Å². The molecule has 1 amide bonds. The minimum Gasteiger partial charge on any atom is -0.477 e. The van der Waals surface area contributed by atoms with Gasteiger partial charge >= 0.3 is 12.1 Å². The summed E-state index contributed by atoms with van der Waals surface area (Å²) in [5.74, 6) is -2.16. The Kier molecular flexibility index (Phi) is 3.65. The number of rotatable bonds is 4. The highest BCUT2D eigenvalue weighted by atomic mass is 19.4. The molecule has 1 heterocycles. The van der Waals surface area contributed by atoms with Crippen molar-refractivity contribution in [2.75, 3.05) is 6.54 Å². The predicted octanol–water partition coefficient (Wildman–Crippen LogP) is 1.95. The van der Waals surface area contributed by atoms with Crippen LogP contribution in [0.2, 0.25) is 0 Å². The summed E-state index contributed by atoms with van der Waals surface area (Å²) in [4.78, 5) is 27.1. The number of pyridine rings is 1. The quantitative estimate of drug-likeness (QED) is 0.919. The van der Waals surface area contributed by atoms with E-state index in [0.29, 0.717) is 12.8 Å². The molecular weight excluding hydrogens is 277 g/mol. The van der Waals surface area contributed by atoms with Crippen molar-refractivity contribution in [1.29, 1.82) is 0 Å². The van der Waals surface area contributed by atoms with E-state index in [1.54, 1.807) is 0 Å². The number of hydrogen-bond donors (Lipinski definition) is 1. The lowest BCUT2D eigenvalue weighted by atomic mass is 10.2. The summed E-state index contributed by atoms with van der Waals surface area (Å²) in [6, 6.07) is 1.77. The van der Waals surface area contributed by atoms with E-state index < -0.39 is 30.6 Å². The maximum Gasteiger partial charge on any atom is 0.406 e. The highest BCUT2D eigenvalue weighted by molar-refractivity contribution is 5.97. The highest BCUT2D eigenvalue weighted by Crippen LogP contribution is 2.31. The molecule has 0 bridgehead atoms. The Morgan fingerprint density at radius 2 is 2.05 bits per heavy atom. The summed E-state index contributed by atoms with van der Waals surface area (Å²) < 4.78 is 37.4. The normalized spacial score (nSPS) is 14.9. The third-order valence-corrected chi connectivity index (χ3v) is 2.82. The van der Waals surface area contributed by atoms with Gasteiger partial charge in [0, 0.05) is 17.8 Å². The molecule has 1 N–H and O–H groups in total. The van der Waals surface area contributed by atoms with E-state index in [9.17, 15) is 22.8 Å². The largest absolute Gasteiger partial charge is 0.477 e. The molecule has 1 aliphatic carbocycles. The fourth-order valence-corrected chi connectivity index (χ4v) is 1.79. The van der Waals surface area contributed by atoms with Crippen LogP contribution in [0.3, 0.4) is 0 Å². The van der Waals surface area contributed by atoms with Crippen molar-refractivity contribution in [3.8, 4) is 0 Å². The molecule has 1 aromatic heterocycles. The van der Waals surface area contributed by atoms with Crippen LogP contribution in [-0.2, 0) is 0 Å². The van der Waals surface area contributed by atoms with Crippen LogP contribution in [0.15, 0.2) is 18.3 Å². The molecule has 20 heavy (non-hydrogen) atoms. The van der Waals surface area contributed by atoms with Gasteiger partial charge in [-0.25, -0.2) is 9.78 Å². The average molecular weight is 288 g/mol. The number of carboxylic acids is 1. The summed E-state index contributed by atoms with van der Waals surface area (Å²) in [5, 5.41) is 8.77.